The summed E-state index contributed by atoms with van der Waals surface area (Å²) in [6.45, 7) is 19.6. The van der Waals surface area contributed by atoms with E-state index >= 15 is 0 Å². The van der Waals surface area contributed by atoms with Crippen molar-refractivity contribution < 1.29 is 9.84 Å². The minimum absolute atomic E-state index is 0.0793. The Balaban J connectivity index is 1.91. The van der Waals surface area contributed by atoms with Crippen molar-refractivity contribution in [3.63, 3.8) is 0 Å². The van der Waals surface area contributed by atoms with Gasteiger partial charge in [-0.2, -0.15) is 0 Å². The molecule has 4 nitrogen and oxygen atoms in total. The molecule has 0 atom stereocenters. The SMILES string of the molecule is CC(C)(C)c1cc(-c2cccc(Oc3ccccn3)c2)nc(-c2cc(C(C)(C)C)cc(C(C)(C)C)c2O)c1. The van der Waals surface area contributed by atoms with E-state index in [4.69, 9.17) is 9.72 Å². The number of phenols is 1. The Kier molecular flexibility index (Phi) is 7.13. The lowest BCUT2D eigenvalue weighted by atomic mass is 9.78. The van der Waals surface area contributed by atoms with Crippen LogP contribution in [0, 0.1) is 0 Å². The zero-order valence-electron chi connectivity index (χ0n) is 24.2. The lowest BCUT2D eigenvalue weighted by Gasteiger charge is -2.28. The van der Waals surface area contributed by atoms with Gasteiger partial charge in [0.2, 0.25) is 5.88 Å². The Labute approximate surface area is 227 Å². The van der Waals surface area contributed by atoms with E-state index in [2.05, 4.69) is 91.6 Å². The predicted molar refractivity (Wildman–Crippen MR) is 157 cm³/mol. The highest BCUT2D eigenvalue weighted by Gasteiger charge is 2.27. The second-order valence-electron chi connectivity index (χ2n) is 13.1. The van der Waals surface area contributed by atoms with Crippen molar-refractivity contribution in [2.24, 2.45) is 0 Å². The van der Waals surface area contributed by atoms with Crippen LogP contribution < -0.4 is 4.74 Å². The van der Waals surface area contributed by atoms with Crippen LogP contribution in [0.4, 0.5) is 0 Å². The Morgan fingerprint density at radius 2 is 1.32 bits per heavy atom. The summed E-state index contributed by atoms with van der Waals surface area (Å²) >= 11 is 0. The lowest BCUT2D eigenvalue weighted by molar-refractivity contribution is 0.446. The minimum atomic E-state index is -0.221. The van der Waals surface area contributed by atoms with Gasteiger partial charge < -0.3 is 9.84 Å². The van der Waals surface area contributed by atoms with E-state index in [1.54, 1.807) is 6.20 Å². The average molecular weight is 509 g/mol. The molecule has 4 aromatic rings. The summed E-state index contributed by atoms with van der Waals surface area (Å²) in [4.78, 5) is 9.39. The molecule has 198 valence electrons. The van der Waals surface area contributed by atoms with Crippen molar-refractivity contribution in [3.05, 3.63) is 89.6 Å². The molecule has 0 radical (unpaired) electrons. The summed E-state index contributed by atoms with van der Waals surface area (Å²) in [5.41, 5.74) is 6.12. The summed E-state index contributed by atoms with van der Waals surface area (Å²) in [7, 11) is 0. The van der Waals surface area contributed by atoms with E-state index in [9.17, 15) is 5.11 Å². The van der Waals surface area contributed by atoms with Crippen molar-refractivity contribution in [3.8, 4) is 39.9 Å². The van der Waals surface area contributed by atoms with Gasteiger partial charge in [-0.25, -0.2) is 9.97 Å². The monoisotopic (exact) mass is 508 g/mol. The molecule has 0 unspecified atom stereocenters. The average Bonchev–Trinajstić information content (AvgIpc) is 2.83. The van der Waals surface area contributed by atoms with Gasteiger partial charge >= 0.3 is 0 Å². The van der Waals surface area contributed by atoms with Gasteiger partial charge in [0.05, 0.1) is 11.4 Å². The first-order chi connectivity index (χ1) is 17.6. The van der Waals surface area contributed by atoms with Gasteiger partial charge in [-0.15, -0.1) is 0 Å². The summed E-state index contributed by atoms with van der Waals surface area (Å²) in [5, 5.41) is 11.6. The number of pyridine rings is 2. The fourth-order valence-corrected chi connectivity index (χ4v) is 4.33. The second kappa shape index (κ2) is 9.90. The van der Waals surface area contributed by atoms with E-state index in [0.29, 0.717) is 17.4 Å². The molecule has 0 spiro atoms. The number of benzene rings is 2. The molecule has 1 N–H and O–H groups in total. The van der Waals surface area contributed by atoms with E-state index in [-0.39, 0.29) is 16.2 Å². The van der Waals surface area contributed by atoms with Crippen LogP contribution in [-0.4, -0.2) is 15.1 Å². The molecule has 0 bridgehead atoms. The molecule has 38 heavy (non-hydrogen) atoms. The summed E-state index contributed by atoms with van der Waals surface area (Å²) < 4.78 is 6.00. The van der Waals surface area contributed by atoms with Crippen LogP contribution in [0.3, 0.4) is 0 Å². The summed E-state index contributed by atoms with van der Waals surface area (Å²) in [6, 6.07) is 22.0. The molecule has 0 aliphatic rings. The fraction of sp³-hybridized carbons (Fsp3) is 0.353. The third-order valence-corrected chi connectivity index (χ3v) is 6.74. The predicted octanol–water partition coefficient (Wildman–Crippen LogP) is 9.20. The molecule has 0 fully saturated rings. The highest BCUT2D eigenvalue weighted by Crippen LogP contribution is 2.43. The highest BCUT2D eigenvalue weighted by atomic mass is 16.5. The van der Waals surface area contributed by atoms with Gasteiger partial charge in [0.15, 0.2) is 0 Å². The van der Waals surface area contributed by atoms with Crippen LogP contribution in [0.1, 0.15) is 79.0 Å². The quantitative estimate of drug-likeness (QED) is 0.298. The molecule has 0 aliphatic carbocycles. The standard InChI is InChI=1S/C34H40N2O2/c1-32(2,3)23-18-26(31(37)27(19-23)34(7,8)9)29-21-24(33(4,5)6)20-28(36-29)22-13-12-14-25(17-22)38-30-15-10-11-16-35-30/h10-21,37H,1-9H3. The molecule has 2 aromatic carbocycles. The Hall–Kier alpha value is -3.66. The third kappa shape index (κ3) is 6.07. The molecule has 0 amide bonds. The number of nitrogens with zero attached hydrogens (tertiary/aromatic N) is 2. The number of phenolic OH excluding ortho intramolecular Hbond substituents is 1. The van der Waals surface area contributed by atoms with Crippen LogP contribution >= 0.6 is 0 Å². The van der Waals surface area contributed by atoms with Gasteiger partial charge in [-0.1, -0.05) is 86.6 Å². The number of hydrogen-bond acceptors (Lipinski definition) is 4. The number of aromatic hydroxyl groups is 1. The van der Waals surface area contributed by atoms with Crippen LogP contribution in [-0.2, 0) is 16.2 Å². The van der Waals surface area contributed by atoms with Crippen LogP contribution in [0.25, 0.3) is 22.5 Å². The minimum Gasteiger partial charge on any atom is -0.507 e. The normalized spacial score (nSPS) is 12.4. The highest BCUT2D eigenvalue weighted by molar-refractivity contribution is 5.75. The van der Waals surface area contributed by atoms with Crippen LogP contribution in [0.5, 0.6) is 17.4 Å². The van der Waals surface area contributed by atoms with Crippen molar-refractivity contribution in [2.75, 3.05) is 0 Å². The fourth-order valence-electron chi connectivity index (χ4n) is 4.33. The van der Waals surface area contributed by atoms with Crippen LogP contribution in [0.2, 0.25) is 0 Å². The van der Waals surface area contributed by atoms with Crippen LogP contribution in [0.15, 0.2) is 72.9 Å². The van der Waals surface area contributed by atoms with Gasteiger partial charge in [-0.3, -0.25) is 0 Å². The Bertz CT molecular complexity index is 1440. The zero-order chi connectivity index (χ0) is 27.9. The maximum atomic E-state index is 11.6. The molecule has 0 aliphatic heterocycles. The number of rotatable bonds is 4. The number of aromatic nitrogens is 2. The van der Waals surface area contributed by atoms with Gasteiger partial charge in [0.1, 0.15) is 11.5 Å². The molecule has 2 aromatic heterocycles. The van der Waals surface area contributed by atoms with E-state index in [1.165, 1.54) is 5.56 Å². The van der Waals surface area contributed by atoms with E-state index in [1.807, 2.05) is 42.5 Å². The number of ether oxygens (including phenoxy) is 1. The molecule has 0 saturated carbocycles. The van der Waals surface area contributed by atoms with E-state index in [0.717, 1.165) is 33.6 Å². The Morgan fingerprint density at radius 3 is 1.92 bits per heavy atom. The Morgan fingerprint density at radius 1 is 0.658 bits per heavy atom. The van der Waals surface area contributed by atoms with Gasteiger partial charge in [0.25, 0.3) is 0 Å². The van der Waals surface area contributed by atoms with Crippen molar-refractivity contribution in [1.29, 1.82) is 0 Å². The summed E-state index contributed by atoms with van der Waals surface area (Å²) in [5.74, 6) is 1.53. The van der Waals surface area contributed by atoms with Crippen molar-refractivity contribution in [1.82, 2.24) is 9.97 Å². The molecule has 2 heterocycles. The maximum absolute atomic E-state index is 11.6. The van der Waals surface area contributed by atoms with Crippen molar-refractivity contribution in [2.45, 2.75) is 78.6 Å². The van der Waals surface area contributed by atoms with Gasteiger partial charge in [0, 0.05) is 29.0 Å². The molecule has 4 rings (SSSR count). The molecular formula is C34H40N2O2. The second-order valence-corrected chi connectivity index (χ2v) is 13.1. The largest absolute Gasteiger partial charge is 0.507 e. The molecular weight excluding hydrogens is 468 g/mol. The summed E-state index contributed by atoms with van der Waals surface area (Å²) in [6.07, 6.45) is 1.71. The molecule has 0 saturated heterocycles. The zero-order valence-corrected chi connectivity index (χ0v) is 24.2. The third-order valence-electron chi connectivity index (χ3n) is 6.74. The first-order valence-corrected chi connectivity index (χ1v) is 13.2. The van der Waals surface area contributed by atoms with Crippen molar-refractivity contribution >= 4 is 0 Å². The van der Waals surface area contributed by atoms with Gasteiger partial charge in [-0.05, 0) is 63.8 Å². The molecule has 4 heteroatoms. The first-order valence-electron chi connectivity index (χ1n) is 13.2. The number of hydrogen-bond donors (Lipinski definition) is 1. The maximum Gasteiger partial charge on any atom is 0.219 e. The topological polar surface area (TPSA) is 55.2 Å². The van der Waals surface area contributed by atoms with E-state index < -0.39 is 0 Å². The first kappa shape index (κ1) is 27.4. The smallest absolute Gasteiger partial charge is 0.219 e. The lowest BCUT2D eigenvalue weighted by Crippen LogP contribution is -2.17.